The van der Waals surface area contributed by atoms with E-state index in [-0.39, 0.29) is 0 Å². The standard InChI is InChI=1S/C21H40.C15H28.C8H18/c1-3-5-7-9-11-13-15-17-19-21-20-18-16-14-12-10-8-6-4-2;1-3-5-7-9-11-13-15-14-12-10-8-6-4-2;1-3-5-7-8-6-4-2/h9,11,13,15H,3-8,10,12,14,16-21H2,1-2H3;9,11,13,15H,3-8,10,12,14H2,1-2H3;3-8H2,1-2H3/b2*11-9-,15-13+;. The molecule has 0 bridgehead atoms. The van der Waals surface area contributed by atoms with E-state index < -0.39 is 0 Å². The highest BCUT2D eigenvalue weighted by atomic mass is 14.0. The highest BCUT2D eigenvalue weighted by molar-refractivity contribution is 5.02. The summed E-state index contributed by atoms with van der Waals surface area (Å²) in [6.07, 6.45) is 59.5. The van der Waals surface area contributed by atoms with Crippen molar-refractivity contribution in [3.8, 4) is 0 Å². The van der Waals surface area contributed by atoms with Gasteiger partial charge in [-0.2, -0.15) is 0 Å². The minimum atomic E-state index is 1.23. The molecule has 0 aliphatic heterocycles. The Labute approximate surface area is 282 Å². The van der Waals surface area contributed by atoms with Gasteiger partial charge in [-0.3, -0.25) is 0 Å². The molecule has 0 saturated carbocycles. The van der Waals surface area contributed by atoms with E-state index in [1.54, 1.807) is 0 Å². The fraction of sp³-hybridized carbons (Fsp3) is 0.818. The van der Waals surface area contributed by atoms with Gasteiger partial charge in [0, 0.05) is 0 Å². The molecule has 0 amide bonds. The van der Waals surface area contributed by atoms with Crippen molar-refractivity contribution in [2.24, 2.45) is 0 Å². The van der Waals surface area contributed by atoms with E-state index in [4.69, 9.17) is 0 Å². The average molecular weight is 615 g/mol. The first-order chi connectivity index (χ1) is 21.7. The van der Waals surface area contributed by atoms with Crippen LogP contribution in [-0.2, 0) is 0 Å². The van der Waals surface area contributed by atoms with Crippen LogP contribution in [0.3, 0.4) is 0 Å². The van der Waals surface area contributed by atoms with Gasteiger partial charge in [-0.25, -0.2) is 0 Å². The second kappa shape index (κ2) is 51.5. The Kier molecular flexibility index (Phi) is 55.5. The monoisotopic (exact) mass is 615 g/mol. The zero-order valence-corrected chi connectivity index (χ0v) is 31.8. The Morgan fingerprint density at radius 2 is 0.386 bits per heavy atom. The van der Waals surface area contributed by atoms with Crippen molar-refractivity contribution in [2.75, 3.05) is 0 Å². The molecule has 0 saturated heterocycles. The summed E-state index contributed by atoms with van der Waals surface area (Å²) in [5, 5.41) is 0. The molecule has 0 atom stereocenters. The molecule has 0 spiro atoms. The maximum Gasteiger partial charge on any atom is -0.0348 e. The predicted molar refractivity (Wildman–Crippen MR) is 209 cm³/mol. The van der Waals surface area contributed by atoms with Gasteiger partial charge in [-0.05, 0) is 38.5 Å². The number of rotatable bonds is 31. The van der Waals surface area contributed by atoms with Crippen molar-refractivity contribution in [3.63, 3.8) is 0 Å². The van der Waals surface area contributed by atoms with Crippen molar-refractivity contribution >= 4 is 0 Å². The van der Waals surface area contributed by atoms with Crippen LogP contribution in [0.1, 0.15) is 234 Å². The lowest BCUT2D eigenvalue weighted by Crippen LogP contribution is -1.81. The van der Waals surface area contributed by atoms with Crippen LogP contribution < -0.4 is 0 Å². The maximum absolute atomic E-state index is 2.33. The van der Waals surface area contributed by atoms with Gasteiger partial charge in [0.25, 0.3) is 0 Å². The van der Waals surface area contributed by atoms with Crippen LogP contribution in [-0.4, -0.2) is 0 Å². The Balaban J connectivity index is -0.000000634. The molecular weight excluding hydrogens is 528 g/mol. The molecule has 262 valence electrons. The Morgan fingerprint density at radius 1 is 0.205 bits per heavy atom. The zero-order chi connectivity index (χ0) is 32.9. The first-order valence-electron chi connectivity index (χ1n) is 20.4. The quantitative estimate of drug-likeness (QED) is 0.0538. The average Bonchev–Trinajstić information content (AvgIpc) is 3.04. The van der Waals surface area contributed by atoms with Crippen molar-refractivity contribution in [1.29, 1.82) is 0 Å². The second-order valence-electron chi connectivity index (χ2n) is 12.9. The Morgan fingerprint density at radius 3 is 0.614 bits per heavy atom. The van der Waals surface area contributed by atoms with Gasteiger partial charge in [0.2, 0.25) is 0 Å². The third-order valence-electron chi connectivity index (χ3n) is 8.12. The van der Waals surface area contributed by atoms with E-state index in [0.29, 0.717) is 0 Å². The van der Waals surface area contributed by atoms with Gasteiger partial charge in [0.1, 0.15) is 0 Å². The number of allylic oxidation sites excluding steroid dienone is 8. The molecule has 0 aliphatic rings. The summed E-state index contributed by atoms with van der Waals surface area (Å²) in [5.41, 5.74) is 0. The molecule has 0 aromatic carbocycles. The molecular formula is C44H86. The largest absolute Gasteiger partial charge is 0.0845 e. The number of hydrogen-bond donors (Lipinski definition) is 0. The summed E-state index contributed by atoms with van der Waals surface area (Å²) < 4.78 is 0. The van der Waals surface area contributed by atoms with Crippen LogP contribution in [0.25, 0.3) is 0 Å². The lowest BCUT2D eigenvalue weighted by molar-refractivity contribution is 0.550. The minimum absolute atomic E-state index is 1.23. The molecule has 0 fully saturated rings. The van der Waals surface area contributed by atoms with Gasteiger partial charge in [0.15, 0.2) is 0 Å². The molecule has 0 aromatic rings. The van der Waals surface area contributed by atoms with E-state index in [1.165, 1.54) is 193 Å². The van der Waals surface area contributed by atoms with Crippen molar-refractivity contribution in [1.82, 2.24) is 0 Å². The van der Waals surface area contributed by atoms with Gasteiger partial charge in [-0.15, -0.1) is 0 Å². The fourth-order valence-corrected chi connectivity index (χ4v) is 4.99. The van der Waals surface area contributed by atoms with Crippen LogP contribution in [0.2, 0.25) is 0 Å². The summed E-state index contributed by atoms with van der Waals surface area (Å²) in [5.74, 6) is 0. The van der Waals surface area contributed by atoms with Gasteiger partial charge in [-0.1, -0.05) is 244 Å². The van der Waals surface area contributed by atoms with Gasteiger partial charge >= 0.3 is 0 Å². The molecule has 0 radical (unpaired) electrons. The Bertz CT molecular complexity index is 542. The summed E-state index contributed by atoms with van der Waals surface area (Å²) >= 11 is 0. The summed E-state index contributed by atoms with van der Waals surface area (Å²) in [7, 11) is 0. The molecule has 0 rings (SSSR count). The molecule has 0 unspecified atom stereocenters. The molecule has 0 aromatic heterocycles. The summed E-state index contributed by atoms with van der Waals surface area (Å²) in [4.78, 5) is 0. The number of hydrogen-bond acceptors (Lipinski definition) is 0. The Hall–Kier alpha value is -1.04. The molecule has 0 nitrogen and oxygen atoms in total. The third kappa shape index (κ3) is 56.7. The van der Waals surface area contributed by atoms with Crippen LogP contribution in [0.4, 0.5) is 0 Å². The van der Waals surface area contributed by atoms with Crippen LogP contribution in [0.5, 0.6) is 0 Å². The van der Waals surface area contributed by atoms with Crippen LogP contribution in [0.15, 0.2) is 48.6 Å². The van der Waals surface area contributed by atoms with Crippen molar-refractivity contribution in [2.45, 2.75) is 234 Å². The normalized spacial score (nSPS) is 11.5. The summed E-state index contributed by atoms with van der Waals surface area (Å²) in [6.45, 7) is 13.5. The lowest BCUT2D eigenvalue weighted by atomic mass is 10.1. The molecule has 0 heteroatoms. The zero-order valence-electron chi connectivity index (χ0n) is 31.8. The summed E-state index contributed by atoms with van der Waals surface area (Å²) in [6, 6.07) is 0. The van der Waals surface area contributed by atoms with Crippen LogP contribution in [0, 0.1) is 0 Å². The van der Waals surface area contributed by atoms with E-state index in [2.05, 4.69) is 90.2 Å². The number of unbranched alkanes of at least 4 members (excludes halogenated alkanes) is 25. The molecule has 44 heavy (non-hydrogen) atoms. The molecule has 0 heterocycles. The fourth-order valence-electron chi connectivity index (χ4n) is 4.99. The molecule has 0 N–H and O–H groups in total. The van der Waals surface area contributed by atoms with E-state index in [1.807, 2.05) is 0 Å². The molecule has 0 aliphatic carbocycles. The highest BCUT2D eigenvalue weighted by Crippen LogP contribution is 2.12. The third-order valence-corrected chi connectivity index (χ3v) is 8.12. The first kappa shape index (κ1) is 47.4. The van der Waals surface area contributed by atoms with E-state index in [0.717, 1.165) is 0 Å². The van der Waals surface area contributed by atoms with Crippen molar-refractivity contribution < 1.29 is 0 Å². The van der Waals surface area contributed by atoms with E-state index in [9.17, 15) is 0 Å². The van der Waals surface area contributed by atoms with Crippen molar-refractivity contribution in [3.05, 3.63) is 48.6 Å². The maximum atomic E-state index is 2.33. The first-order valence-corrected chi connectivity index (χ1v) is 20.4. The topological polar surface area (TPSA) is 0 Å². The van der Waals surface area contributed by atoms with Gasteiger partial charge in [0.05, 0.1) is 0 Å². The highest BCUT2D eigenvalue weighted by Gasteiger charge is 1.92. The lowest BCUT2D eigenvalue weighted by Gasteiger charge is -2.01. The second-order valence-corrected chi connectivity index (χ2v) is 12.9. The smallest absolute Gasteiger partial charge is 0.0348 e. The van der Waals surface area contributed by atoms with Crippen LogP contribution >= 0.6 is 0 Å². The van der Waals surface area contributed by atoms with Gasteiger partial charge < -0.3 is 0 Å². The van der Waals surface area contributed by atoms with E-state index >= 15 is 0 Å². The predicted octanol–water partition coefficient (Wildman–Crippen LogP) is 17.0. The SMILES string of the molecule is CCCC/C=C\C=C\CCCCCCC.CCCC/C=C\C=C\CCCCCCCCCCCCC.CCCCCCCC. The minimum Gasteiger partial charge on any atom is -0.0845 e.